The summed E-state index contributed by atoms with van der Waals surface area (Å²) in [5.41, 5.74) is 0.630. The first kappa shape index (κ1) is 16.6. The first-order valence-electron chi connectivity index (χ1n) is 8.60. The normalized spacial score (nSPS) is 18.7. The highest BCUT2D eigenvalue weighted by atomic mass is 16.1. The van der Waals surface area contributed by atoms with Gasteiger partial charge in [0.25, 0.3) is 5.91 Å². The molecule has 6 heteroatoms. The second kappa shape index (κ2) is 7.57. The Morgan fingerprint density at radius 1 is 1.42 bits per heavy atom. The van der Waals surface area contributed by atoms with Gasteiger partial charge in [-0.1, -0.05) is 0 Å². The number of nitrogens with one attached hydrogen (secondary N) is 1. The van der Waals surface area contributed by atoms with Gasteiger partial charge in [-0.25, -0.2) is 9.97 Å². The highest BCUT2D eigenvalue weighted by Gasteiger charge is 2.22. The largest absolute Gasteiger partial charge is 0.352 e. The number of hydrogen-bond acceptors (Lipinski definition) is 4. The zero-order chi connectivity index (χ0) is 16.9. The average molecular weight is 327 g/mol. The van der Waals surface area contributed by atoms with E-state index in [4.69, 9.17) is 0 Å². The number of likely N-dealkylation sites (tertiary alicyclic amines) is 1. The lowest BCUT2D eigenvalue weighted by atomic mass is 9.97. The minimum atomic E-state index is -0.0413. The van der Waals surface area contributed by atoms with Gasteiger partial charge in [-0.05, 0) is 51.3 Å². The van der Waals surface area contributed by atoms with Gasteiger partial charge in [0.05, 0.1) is 0 Å². The maximum Gasteiger partial charge on any atom is 0.251 e. The fourth-order valence-corrected chi connectivity index (χ4v) is 3.17. The molecule has 0 unspecified atom stereocenters. The molecule has 24 heavy (non-hydrogen) atoms. The quantitative estimate of drug-likeness (QED) is 0.914. The van der Waals surface area contributed by atoms with Crippen LogP contribution in [0.4, 0.5) is 0 Å². The van der Waals surface area contributed by atoms with Crippen LogP contribution in [0.25, 0.3) is 5.82 Å². The number of piperidine rings is 1. The topological polar surface area (TPSA) is 63.1 Å². The van der Waals surface area contributed by atoms with Crippen LogP contribution in [0.15, 0.2) is 37.1 Å². The van der Waals surface area contributed by atoms with E-state index in [-0.39, 0.29) is 5.91 Å². The number of imidazole rings is 1. The number of aromatic nitrogens is 3. The molecule has 0 aliphatic carbocycles. The Hall–Kier alpha value is -2.21. The van der Waals surface area contributed by atoms with Crippen LogP contribution < -0.4 is 5.32 Å². The van der Waals surface area contributed by atoms with Crippen molar-refractivity contribution in [3.63, 3.8) is 0 Å². The number of carbonyl (C=O) groups is 1. The molecular formula is C18H25N5O. The molecule has 3 rings (SSSR count). The minimum Gasteiger partial charge on any atom is -0.352 e. The maximum absolute atomic E-state index is 12.4. The monoisotopic (exact) mass is 327 g/mol. The summed E-state index contributed by atoms with van der Waals surface area (Å²) >= 11 is 0. The Balaban J connectivity index is 1.58. The van der Waals surface area contributed by atoms with Gasteiger partial charge in [0.1, 0.15) is 12.1 Å². The molecule has 1 atom stereocenters. The molecule has 1 amide bonds. The van der Waals surface area contributed by atoms with E-state index in [9.17, 15) is 4.79 Å². The Bertz CT molecular complexity index is 668. The number of amides is 1. The summed E-state index contributed by atoms with van der Waals surface area (Å²) in [5.74, 6) is 1.18. The number of nitrogens with zero attached hydrogens (tertiary/aromatic N) is 4. The first-order chi connectivity index (χ1) is 11.6. The van der Waals surface area contributed by atoms with Gasteiger partial charge in [-0.3, -0.25) is 9.36 Å². The van der Waals surface area contributed by atoms with E-state index in [0.717, 1.165) is 13.1 Å². The summed E-state index contributed by atoms with van der Waals surface area (Å²) in [4.78, 5) is 23.2. The smallest absolute Gasteiger partial charge is 0.251 e. The van der Waals surface area contributed by atoms with Crippen LogP contribution in [0, 0.1) is 5.92 Å². The van der Waals surface area contributed by atoms with E-state index in [0.29, 0.717) is 23.3 Å². The van der Waals surface area contributed by atoms with Crippen LogP contribution in [-0.2, 0) is 0 Å². The van der Waals surface area contributed by atoms with E-state index in [1.54, 1.807) is 35.4 Å². The van der Waals surface area contributed by atoms with Gasteiger partial charge in [-0.15, -0.1) is 0 Å². The Labute approximate surface area is 142 Å². The fourth-order valence-electron chi connectivity index (χ4n) is 3.17. The summed E-state index contributed by atoms with van der Waals surface area (Å²) in [5, 5.41) is 3.08. The van der Waals surface area contributed by atoms with Gasteiger partial charge in [0, 0.05) is 43.3 Å². The molecule has 0 saturated carbocycles. The lowest BCUT2D eigenvalue weighted by Crippen LogP contribution is -2.43. The Morgan fingerprint density at radius 3 is 3.04 bits per heavy atom. The van der Waals surface area contributed by atoms with Gasteiger partial charge in [0.15, 0.2) is 0 Å². The molecule has 0 spiro atoms. The molecule has 2 aromatic rings. The lowest BCUT2D eigenvalue weighted by molar-refractivity contribution is 0.0922. The molecule has 1 fully saturated rings. The SMILES string of the molecule is CC(C)N1CCC[C@H](CNC(=O)c2ccnc(-n3ccnc3)c2)C1. The third kappa shape index (κ3) is 4.00. The predicted molar refractivity (Wildman–Crippen MR) is 93.1 cm³/mol. The van der Waals surface area contributed by atoms with Crippen LogP contribution in [0.1, 0.15) is 37.0 Å². The Morgan fingerprint density at radius 2 is 2.29 bits per heavy atom. The lowest BCUT2D eigenvalue weighted by Gasteiger charge is -2.35. The van der Waals surface area contributed by atoms with Gasteiger partial charge < -0.3 is 10.2 Å². The molecule has 1 N–H and O–H groups in total. The van der Waals surface area contributed by atoms with E-state index in [2.05, 4.69) is 34.0 Å². The molecule has 0 bridgehead atoms. The zero-order valence-corrected chi connectivity index (χ0v) is 14.4. The van der Waals surface area contributed by atoms with Crippen LogP contribution in [0.5, 0.6) is 0 Å². The molecule has 128 valence electrons. The third-order valence-corrected chi connectivity index (χ3v) is 4.61. The number of hydrogen-bond donors (Lipinski definition) is 1. The second-order valence-corrected chi connectivity index (χ2v) is 6.68. The van der Waals surface area contributed by atoms with Crippen molar-refractivity contribution in [3.8, 4) is 5.82 Å². The molecule has 0 aromatic carbocycles. The van der Waals surface area contributed by atoms with Crippen LogP contribution in [0.3, 0.4) is 0 Å². The second-order valence-electron chi connectivity index (χ2n) is 6.68. The van der Waals surface area contributed by atoms with Crippen molar-refractivity contribution in [2.75, 3.05) is 19.6 Å². The molecule has 1 aliphatic rings. The van der Waals surface area contributed by atoms with E-state index in [1.165, 1.54) is 19.4 Å². The first-order valence-corrected chi connectivity index (χ1v) is 8.60. The molecule has 2 aromatic heterocycles. The summed E-state index contributed by atoms with van der Waals surface area (Å²) in [6.45, 7) is 7.42. The van der Waals surface area contributed by atoms with E-state index < -0.39 is 0 Å². The molecule has 6 nitrogen and oxygen atoms in total. The molecular weight excluding hydrogens is 302 g/mol. The van der Waals surface area contributed by atoms with Crippen molar-refractivity contribution < 1.29 is 4.79 Å². The standard InChI is InChI=1S/C18H25N5O/c1-14(2)22-8-3-4-15(12-22)11-21-18(24)16-5-6-20-17(10-16)23-9-7-19-13-23/h5-7,9-10,13-15H,3-4,8,11-12H2,1-2H3,(H,21,24)/t15-/m1/s1. The number of pyridine rings is 1. The van der Waals surface area contributed by atoms with Gasteiger partial charge >= 0.3 is 0 Å². The molecule has 3 heterocycles. The van der Waals surface area contributed by atoms with E-state index in [1.807, 2.05) is 6.20 Å². The summed E-state index contributed by atoms with van der Waals surface area (Å²) in [6, 6.07) is 4.11. The predicted octanol–water partition coefficient (Wildman–Crippen LogP) is 2.12. The molecule has 1 saturated heterocycles. The van der Waals surface area contributed by atoms with E-state index >= 15 is 0 Å². The van der Waals surface area contributed by atoms with Crippen molar-refractivity contribution in [3.05, 3.63) is 42.6 Å². The van der Waals surface area contributed by atoms with Gasteiger partial charge in [0.2, 0.25) is 0 Å². The van der Waals surface area contributed by atoms with Gasteiger partial charge in [-0.2, -0.15) is 0 Å². The van der Waals surface area contributed by atoms with Crippen molar-refractivity contribution in [1.82, 2.24) is 24.8 Å². The van der Waals surface area contributed by atoms with Crippen molar-refractivity contribution in [2.24, 2.45) is 5.92 Å². The molecule has 0 radical (unpaired) electrons. The van der Waals surface area contributed by atoms with Crippen molar-refractivity contribution >= 4 is 5.91 Å². The third-order valence-electron chi connectivity index (χ3n) is 4.61. The average Bonchev–Trinajstić information content (AvgIpc) is 3.15. The van der Waals surface area contributed by atoms with Crippen LogP contribution >= 0.6 is 0 Å². The summed E-state index contributed by atoms with van der Waals surface area (Å²) in [6.07, 6.45) is 9.22. The van der Waals surface area contributed by atoms with Crippen LogP contribution in [-0.4, -0.2) is 51.0 Å². The van der Waals surface area contributed by atoms with Crippen molar-refractivity contribution in [2.45, 2.75) is 32.7 Å². The summed E-state index contributed by atoms with van der Waals surface area (Å²) < 4.78 is 1.79. The van der Waals surface area contributed by atoms with Crippen molar-refractivity contribution in [1.29, 1.82) is 0 Å². The summed E-state index contributed by atoms with van der Waals surface area (Å²) in [7, 11) is 0. The highest BCUT2D eigenvalue weighted by Crippen LogP contribution is 2.18. The number of carbonyl (C=O) groups excluding carboxylic acids is 1. The number of rotatable bonds is 5. The highest BCUT2D eigenvalue weighted by molar-refractivity contribution is 5.94. The Kier molecular flexibility index (Phi) is 5.25. The maximum atomic E-state index is 12.4. The minimum absolute atomic E-state index is 0.0413. The fraction of sp³-hybridized carbons (Fsp3) is 0.500. The molecule has 1 aliphatic heterocycles. The zero-order valence-electron chi connectivity index (χ0n) is 14.4. The van der Waals surface area contributed by atoms with Crippen LogP contribution in [0.2, 0.25) is 0 Å².